The number of amides is 2. The topological polar surface area (TPSA) is 105 Å². The highest BCUT2D eigenvalue weighted by Crippen LogP contribution is 2.45. The van der Waals surface area contributed by atoms with E-state index in [1.165, 1.54) is 0 Å². The highest BCUT2D eigenvalue weighted by Gasteiger charge is 2.35. The molecule has 10 heteroatoms. The molecule has 0 saturated heterocycles. The van der Waals surface area contributed by atoms with Crippen molar-refractivity contribution in [2.75, 3.05) is 35.9 Å². The lowest BCUT2D eigenvalue weighted by molar-refractivity contribution is 0.0982. The number of benzene rings is 3. The summed E-state index contributed by atoms with van der Waals surface area (Å²) in [5.41, 5.74) is 3.42. The number of aromatic nitrogens is 2. The summed E-state index contributed by atoms with van der Waals surface area (Å²) in [6.07, 6.45) is 4.13. The number of ether oxygens (including phenoxy) is 2. The summed E-state index contributed by atoms with van der Waals surface area (Å²) in [5, 5.41) is 15.2. The maximum Gasteiger partial charge on any atom is 0.278 e. The average Bonchev–Trinajstić information content (AvgIpc) is 3.63. The van der Waals surface area contributed by atoms with E-state index < -0.39 is 0 Å². The van der Waals surface area contributed by atoms with E-state index in [2.05, 4.69) is 10.3 Å². The molecule has 0 spiro atoms. The van der Waals surface area contributed by atoms with Crippen LogP contribution in [0.25, 0.3) is 16.4 Å². The Kier molecular flexibility index (Phi) is 8.41. The molecule has 1 aliphatic rings. The molecule has 9 nitrogen and oxygen atoms in total. The van der Waals surface area contributed by atoms with Gasteiger partial charge in [-0.15, -0.1) is 11.6 Å². The number of alkyl halides is 1. The zero-order chi connectivity index (χ0) is 30.8. The summed E-state index contributed by atoms with van der Waals surface area (Å²) in [6, 6.07) is 19.7. The Balaban J connectivity index is 1.17. The smallest absolute Gasteiger partial charge is 0.278 e. The molecular weight excluding hydrogens is 580 g/mol. The van der Waals surface area contributed by atoms with Gasteiger partial charge in [0.05, 0.1) is 24.1 Å². The number of halogens is 1. The minimum atomic E-state index is -0.294. The van der Waals surface area contributed by atoms with Gasteiger partial charge in [0.15, 0.2) is 0 Å². The number of anilines is 2. The number of carbonyl (C=O) groups is 2. The molecule has 1 aliphatic heterocycles. The van der Waals surface area contributed by atoms with E-state index in [0.29, 0.717) is 54.0 Å². The van der Waals surface area contributed by atoms with Crippen LogP contribution in [0, 0.1) is 0 Å². The Hall–Kier alpha value is -4.60. The van der Waals surface area contributed by atoms with Gasteiger partial charge in [0.2, 0.25) is 0 Å². The summed E-state index contributed by atoms with van der Waals surface area (Å²) >= 11 is 6.34. The highest BCUT2D eigenvalue weighted by molar-refractivity contribution is 6.19. The maximum atomic E-state index is 13.7. The Morgan fingerprint density at radius 3 is 2.61 bits per heavy atom. The number of pyridine rings is 1. The molecule has 2 aromatic heterocycles. The zero-order valence-corrected chi connectivity index (χ0v) is 25.3. The van der Waals surface area contributed by atoms with Crippen molar-refractivity contribution >= 4 is 51.2 Å². The lowest BCUT2D eigenvalue weighted by Crippen LogP contribution is -2.30. The standard InChI is InChI=1S/C34H33ClN4O5/c1-3-43-15-14-21(2)44-25-11-8-22(9-12-25)33(41)36-24-10-13-31-37-28(20-38(31)19-24)34(42)39-18-23(17-35)32-27-7-5-4-6-26(27)30(40)16-29(32)39/h4-13,16,19-21,23,40H,3,14-15,17-18H2,1-2H3,(H,36,41)/t21?,23-/m1/s1. The second-order valence-corrected chi connectivity index (χ2v) is 11.2. The van der Waals surface area contributed by atoms with Crippen molar-refractivity contribution in [1.29, 1.82) is 0 Å². The molecule has 0 bridgehead atoms. The van der Waals surface area contributed by atoms with E-state index in [9.17, 15) is 14.7 Å². The number of phenols is 1. The first-order chi connectivity index (χ1) is 21.4. The highest BCUT2D eigenvalue weighted by atomic mass is 35.5. The fourth-order valence-corrected chi connectivity index (χ4v) is 5.88. The third kappa shape index (κ3) is 5.80. The van der Waals surface area contributed by atoms with Gasteiger partial charge in [-0.3, -0.25) is 9.59 Å². The molecule has 6 rings (SSSR count). The number of nitrogens with one attached hydrogen (secondary N) is 1. The molecular formula is C34H33ClN4O5. The van der Waals surface area contributed by atoms with E-state index in [4.69, 9.17) is 21.1 Å². The number of hydrogen-bond acceptors (Lipinski definition) is 6. The summed E-state index contributed by atoms with van der Waals surface area (Å²) in [7, 11) is 0. The van der Waals surface area contributed by atoms with E-state index in [0.717, 1.165) is 22.8 Å². The molecule has 0 fully saturated rings. The van der Waals surface area contributed by atoms with Gasteiger partial charge in [0, 0.05) is 60.8 Å². The maximum absolute atomic E-state index is 13.7. The van der Waals surface area contributed by atoms with Crippen LogP contribution in [0.1, 0.15) is 52.6 Å². The third-order valence-corrected chi connectivity index (χ3v) is 8.20. The predicted octanol–water partition coefficient (Wildman–Crippen LogP) is 6.62. The van der Waals surface area contributed by atoms with Crippen molar-refractivity contribution in [3.05, 3.63) is 95.9 Å². The lowest BCUT2D eigenvalue weighted by atomic mass is 9.95. The van der Waals surface area contributed by atoms with Crippen molar-refractivity contribution in [2.24, 2.45) is 0 Å². The van der Waals surface area contributed by atoms with Crippen molar-refractivity contribution in [3.63, 3.8) is 0 Å². The SMILES string of the molecule is CCOCCC(C)Oc1ccc(C(=O)Nc2ccc3nc(C(=O)N4C[C@@H](CCl)c5c4cc(O)c4ccccc54)cn3c2)cc1. The first kappa shape index (κ1) is 29.5. The summed E-state index contributed by atoms with van der Waals surface area (Å²) in [4.78, 5) is 32.9. The summed E-state index contributed by atoms with van der Waals surface area (Å²) in [5.74, 6) is 0.482. The molecule has 0 saturated carbocycles. The Bertz CT molecular complexity index is 1840. The van der Waals surface area contributed by atoms with Crippen molar-refractivity contribution < 1.29 is 24.2 Å². The zero-order valence-electron chi connectivity index (χ0n) is 24.5. The Morgan fingerprint density at radius 2 is 1.86 bits per heavy atom. The van der Waals surface area contributed by atoms with Gasteiger partial charge < -0.3 is 29.2 Å². The van der Waals surface area contributed by atoms with Crippen LogP contribution in [0.15, 0.2) is 79.1 Å². The minimum Gasteiger partial charge on any atom is -0.507 e. The number of fused-ring (bicyclic) bond motifs is 4. The van der Waals surface area contributed by atoms with E-state index in [-0.39, 0.29) is 35.3 Å². The van der Waals surface area contributed by atoms with Gasteiger partial charge in [-0.2, -0.15) is 0 Å². The van der Waals surface area contributed by atoms with Crippen LogP contribution in [0.3, 0.4) is 0 Å². The van der Waals surface area contributed by atoms with Crippen molar-refractivity contribution in [2.45, 2.75) is 32.3 Å². The second kappa shape index (κ2) is 12.6. The molecule has 226 valence electrons. The molecule has 0 radical (unpaired) electrons. The fraction of sp³-hybridized carbons (Fsp3) is 0.265. The fourth-order valence-electron chi connectivity index (χ4n) is 5.63. The first-order valence-corrected chi connectivity index (χ1v) is 15.2. The van der Waals surface area contributed by atoms with Gasteiger partial charge in [0.25, 0.3) is 11.8 Å². The van der Waals surface area contributed by atoms with Crippen molar-refractivity contribution in [1.82, 2.24) is 9.38 Å². The van der Waals surface area contributed by atoms with Crippen LogP contribution in [0.4, 0.5) is 11.4 Å². The second-order valence-electron chi connectivity index (χ2n) is 10.8. The predicted molar refractivity (Wildman–Crippen MR) is 172 cm³/mol. The van der Waals surface area contributed by atoms with Crippen LogP contribution in [-0.2, 0) is 4.74 Å². The first-order valence-electron chi connectivity index (χ1n) is 14.6. The molecule has 1 unspecified atom stereocenters. The molecule has 2 atom stereocenters. The van der Waals surface area contributed by atoms with Crippen molar-refractivity contribution in [3.8, 4) is 11.5 Å². The molecule has 5 aromatic rings. The van der Waals surface area contributed by atoms with Gasteiger partial charge in [-0.25, -0.2) is 4.98 Å². The number of nitrogens with zero attached hydrogens (tertiary/aromatic N) is 3. The molecule has 2 N–H and O–H groups in total. The van der Waals surface area contributed by atoms with Gasteiger partial charge in [-0.1, -0.05) is 24.3 Å². The van der Waals surface area contributed by atoms with Crippen LogP contribution in [0.2, 0.25) is 0 Å². The van der Waals surface area contributed by atoms with Gasteiger partial charge in [-0.05, 0) is 61.2 Å². The number of hydrogen-bond donors (Lipinski definition) is 2. The average molecular weight is 613 g/mol. The van der Waals surface area contributed by atoms with Crippen LogP contribution < -0.4 is 15.0 Å². The van der Waals surface area contributed by atoms with Gasteiger partial charge >= 0.3 is 0 Å². The van der Waals surface area contributed by atoms with Crippen LogP contribution in [-0.4, -0.2) is 58.0 Å². The third-order valence-electron chi connectivity index (χ3n) is 7.83. The monoisotopic (exact) mass is 612 g/mol. The molecule has 3 heterocycles. The Morgan fingerprint density at radius 1 is 1.09 bits per heavy atom. The number of rotatable bonds is 10. The molecule has 3 aromatic carbocycles. The van der Waals surface area contributed by atoms with E-state index >= 15 is 0 Å². The molecule has 2 amide bonds. The molecule has 0 aliphatic carbocycles. The van der Waals surface area contributed by atoms with E-state index in [1.54, 1.807) is 64.2 Å². The minimum absolute atomic E-state index is 0.00564. The number of imidazole rings is 1. The Labute approximate surface area is 260 Å². The van der Waals surface area contributed by atoms with Crippen LogP contribution >= 0.6 is 11.6 Å². The number of carbonyl (C=O) groups excluding carboxylic acids is 2. The van der Waals surface area contributed by atoms with E-state index in [1.807, 2.05) is 38.1 Å². The number of phenolic OH excluding ortho intramolecular Hbond substituents is 1. The largest absolute Gasteiger partial charge is 0.507 e. The lowest BCUT2D eigenvalue weighted by Gasteiger charge is -2.17. The quantitative estimate of drug-likeness (QED) is 0.136. The molecule has 44 heavy (non-hydrogen) atoms. The summed E-state index contributed by atoms with van der Waals surface area (Å²) in [6.45, 7) is 5.64. The summed E-state index contributed by atoms with van der Waals surface area (Å²) < 4.78 is 13.0. The van der Waals surface area contributed by atoms with Crippen LogP contribution in [0.5, 0.6) is 11.5 Å². The normalized spacial score (nSPS) is 15.0. The van der Waals surface area contributed by atoms with Gasteiger partial charge in [0.1, 0.15) is 22.8 Å². The number of aromatic hydroxyl groups is 1.